The van der Waals surface area contributed by atoms with Crippen molar-refractivity contribution in [3.8, 4) is 0 Å². The van der Waals surface area contributed by atoms with Crippen LogP contribution in [0.1, 0.15) is 24.0 Å². The van der Waals surface area contributed by atoms with E-state index in [4.69, 9.17) is 23.2 Å². The monoisotopic (exact) mass is 250 g/mol. The summed E-state index contributed by atoms with van der Waals surface area (Å²) < 4.78 is 0. The van der Waals surface area contributed by atoms with Gasteiger partial charge >= 0.3 is 0 Å². The second-order valence-corrected chi connectivity index (χ2v) is 4.70. The van der Waals surface area contributed by atoms with Gasteiger partial charge in [-0.1, -0.05) is 54.4 Å². The molecule has 0 nitrogen and oxygen atoms in total. The van der Waals surface area contributed by atoms with E-state index < -0.39 is 0 Å². The molecule has 0 aliphatic carbocycles. The van der Waals surface area contributed by atoms with E-state index in [1.54, 1.807) is 0 Å². The lowest BCUT2D eigenvalue weighted by Gasteiger charge is -2.12. The minimum Gasteiger partial charge on any atom is -0.0843 e. The topological polar surface area (TPSA) is 0 Å². The van der Waals surface area contributed by atoms with Crippen LogP contribution in [0.15, 0.2) is 48.5 Å². The van der Waals surface area contributed by atoms with Crippen LogP contribution in [0.4, 0.5) is 0 Å². The molecule has 0 spiro atoms. The third-order valence-electron chi connectivity index (χ3n) is 2.70. The van der Waals surface area contributed by atoms with Crippen LogP contribution < -0.4 is 0 Å². The molecule has 0 heterocycles. The molecule has 0 saturated carbocycles. The Morgan fingerprint density at radius 3 is 1.62 bits per heavy atom. The second kappa shape index (κ2) is 4.90. The van der Waals surface area contributed by atoms with Crippen LogP contribution in [0.3, 0.4) is 0 Å². The fraction of sp³-hybridized carbons (Fsp3) is 0.143. The summed E-state index contributed by atoms with van der Waals surface area (Å²) >= 11 is 12.0. The number of benzene rings is 2. The van der Waals surface area contributed by atoms with Gasteiger partial charge in [0.25, 0.3) is 0 Å². The van der Waals surface area contributed by atoms with Crippen LogP contribution in [-0.4, -0.2) is 0 Å². The van der Waals surface area contributed by atoms with Crippen molar-refractivity contribution in [2.75, 3.05) is 0 Å². The summed E-state index contributed by atoms with van der Waals surface area (Å²) in [6.07, 6.45) is 0. The zero-order valence-corrected chi connectivity index (χ0v) is 10.5. The molecule has 0 saturated heterocycles. The van der Waals surface area contributed by atoms with Gasteiger partial charge in [0.2, 0.25) is 0 Å². The van der Waals surface area contributed by atoms with Gasteiger partial charge in [-0.05, 0) is 35.4 Å². The zero-order chi connectivity index (χ0) is 11.5. The van der Waals surface area contributed by atoms with Gasteiger partial charge in [0.1, 0.15) is 0 Å². The lowest BCUT2D eigenvalue weighted by Crippen LogP contribution is -1.95. The molecule has 0 radical (unpaired) electrons. The molecule has 0 bridgehead atoms. The number of rotatable bonds is 2. The molecule has 2 rings (SSSR count). The molecular weight excluding hydrogens is 239 g/mol. The molecule has 0 unspecified atom stereocenters. The lowest BCUT2D eigenvalue weighted by molar-refractivity contribution is 0.922. The molecule has 82 valence electrons. The summed E-state index contributed by atoms with van der Waals surface area (Å²) in [5, 5.41) is 1.54. The predicted octanol–water partition coefficient (Wildman–Crippen LogP) is 5.15. The Balaban J connectivity index is 2.35. The molecule has 2 heteroatoms. The van der Waals surface area contributed by atoms with Crippen molar-refractivity contribution in [3.05, 3.63) is 69.7 Å². The van der Waals surface area contributed by atoms with Gasteiger partial charge in [0.15, 0.2) is 0 Å². The van der Waals surface area contributed by atoms with Crippen molar-refractivity contribution in [2.45, 2.75) is 12.8 Å². The Kier molecular flexibility index (Phi) is 3.52. The average molecular weight is 251 g/mol. The molecule has 0 amide bonds. The van der Waals surface area contributed by atoms with E-state index in [0.29, 0.717) is 5.92 Å². The molecule has 2 aromatic rings. The SMILES string of the molecule is CC(c1cccc(Cl)c1)c1cccc(Cl)c1. The third kappa shape index (κ3) is 2.58. The Morgan fingerprint density at radius 1 is 0.812 bits per heavy atom. The molecule has 16 heavy (non-hydrogen) atoms. The highest BCUT2D eigenvalue weighted by molar-refractivity contribution is 6.31. The van der Waals surface area contributed by atoms with Crippen LogP contribution in [0.2, 0.25) is 10.0 Å². The summed E-state index contributed by atoms with van der Waals surface area (Å²) in [7, 11) is 0. The van der Waals surface area contributed by atoms with Gasteiger partial charge in [0, 0.05) is 16.0 Å². The maximum absolute atomic E-state index is 5.98. The highest BCUT2D eigenvalue weighted by Crippen LogP contribution is 2.27. The van der Waals surface area contributed by atoms with Crippen LogP contribution in [0.5, 0.6) is 0 Å². The fourth-order valence-corrected chi connectivity index (χ4v) is 2.14. The summed E-state index contributed by atoms with van der Waals surface area (Å²) in [5.74, 6) is 0.303. The van der Waals surface area contributed by atoms with E-state index in [2.05, 4.69) is 19.1 Å². The van der Waals surface area contributed by atoms with Gasteiger partial charge in [0.05, 0.1) is 0 Å². The third-order valence-corrected chi connectivity index (χ3v) is 3.17. The van der Waals surface area contributed by atoms with Gasteiger partial charge < -0.3 is 0 Å². The van der Waals surface area contributed by atoms with Crippen LogP contribution in [-0.2, 0) is 0 Å². The molecule has 0 aromatic heterocycles. The Bertz CT molecular complexity index is 446. The first-order valence-electron chi connectivity index (χ1n) is 5.18. The van der Waals surface area contributed by atoms with Gasteiger partial charge in [-0.25, -0.2) is 0 Å². The molecule has 0 aliphatic heterocycles. The summed E-state index contributed by atoms with van der Waals surface area (Å²) in [6.45, 7) is 2.15. The molecule has 0 fully saturated rings. The number of hydrogen-bond acceptors (Lipinski definition) is 0. The summed E-state index contributed by atoms with van der Waals surface area (Å²) in [6, 6.07) is 15.9. The normalized spacial score (nSPS) is 10.8. The Labute approximate surface area is 106 Å². The molecule has 2 aromatic carbocycles. The molecule has 0 aliphatic rings. The van der Waals surface area contributed by atoms with Crippen molar-refractivity contribution in [2.24, 2.45) is 0 Å². The van der Waals surface area contributed by atoms with E-state index in [1.165, 1.54) is 11.1 Å². The van der Waals surface area contributed by atoms with E-state index in [9.17, 15) is 0 Å². The van der Waals surface area contributed by atoms with Crippen molar-refractivity contribution >= 4 is 23.2 Å². The Hall–Kier alpha value is -0.980. The molecule has 0 atom stereocenters. The van der Waals surface area contributed by atoms with Crippen LogP contribution >= 0.6 is 23.2 Å². The first kappa shape index (κ1) is 11.5. The Morgan fingerprint density at radius 2 is 1.25 bits per heavy atom. The largest absolute Gasteiger partial charge is 0.0843 e. The van der Waals surface area contributed by atoms with Gasteiger partial charge in [-0.15, -0.1) is 0 Å². The zero-order valence-electron chi connectivity index (χ0n) is 8.95. The van der Waals surface area contributed by atoms with Gasteiger partial charge in [-0.2, -0.15) is 0 Å². The fourth-order valence-electron chi connectivity index (χ4n) is 1.74. The second-order valence-electron chi connectivity index (χ2n) is 3.83. The van der Waals surface area contributed by atoms with E-state index in [0.717, 1.165) is 10.0 Å². The minimum atomic E-state index is 0.303. The predicted molar refractivity (Wildman–Crippen MR) is 70.4 cm³/mol. The average Bonchev–Trinajstić information content (AvgIpc) is 2.28. The standard InChI is InChI=1S/C14H12Cl2/c1-10(11-4-2-6-13(15)8-11)12-5-3-7-14(16)9-12/h2-10H,1H3. The van der Waals surface area contributed by atoms with E-state index >= 15 is 0 Å². The minimum absolute atomic E-state index is 0.303. The van der Waals surface area contributed by atoms with E-state index in [-0.39, 0.29) is 0 Å². The van der Waals surface area contributed by atoms with Crippen LogP contribution in [0.25, 0.3) is 0 Å². The van der Waals surface area contributed by atoms with Gasteiger partial charge in [-0.3, -0.25) is 0 Å². The maximum Gasteiger partial charge on any atom is 0.0408 e. The number of hydrogen-bond donors (Lipinski definition) is 0. The lowest BCUT2D eigenvalue weighted by atomic mass is 9.93. The van der Waals surface area contributed by atoms with Crippen molar-refractivity contribution in [1.29, 1.82) is 0 Å². The first-order valence-corrected chi connectivity index (χ1v) is 5.93. The maximum atomic E-state index is 5.98. The molecular formula is C14H12Cl2. The number of halogens is 2. The van der Waals surface area contributed by atoms with Crippen molar-refractivity contribution in [3.63, 3.8) is 0 Å². The van der Waals surface area contributed by atoms with Crippen molar-refractivity contribution in [1.82, 2.24) is 0 Å². The molecule has 0 N–H and O–H groups in total. The van der Waals surface area contributed by atoms with Crippen LogP contribution in [0, 0.1) is 0 Å². The highest BCUT2D eigenvalue weighted by Gasteiger charge is 2.08. The summed E-state index contributed by atoms with van der Waals surface area (Å²) in [5.41, 5.74) is 2.41. The summed E-state index contributed by atoms with van der Waals surface area (Å²) in [4.78, 5) is 0. The highest BCUT2D eigenvalue weighted by atomic mass is 35.5. The first-order chi connectivity index (χ1) is 7.66. The van der Waals surface area contributed by atoms with E-state index in [1.807, 2.05) is 36.4 Å². The van der Waals surface area contributed by atoms with Crippen molar-refractivity contribution < 1.29 is 0 Å². The smallest absolute Gasteiger partial charge is 0.0408 e. The quantitative estimate of drug-likeness (QED) is 0.692.